The van der Waals surface area contributed by atoms with Gasteiger partial charge in [0.05, 0.1) is 26.1 Å². The Morgan fingerprint density at radius 1 is 1.07 bits per heavy atom. The number of carbonyl (C=O) groups excluding carboxylic acids is 1. The van der Waals surface area contributed by atoms with Crippen LogP contribution in [-0.4, -0.2) is 79.2 Å². The van der Waals surface area contributed by atoms with Gasteiger partial charge >= 0.3 is 0 Å². The van der Waals surface area contributed by atoms with Crippen molar-refractivity contribution >= 4 is 35.1 Å². The maximum absolute atomic E-state index is 13.1. The zero-order chi connectivity index (χ0) is 18.9. The fraction of sp³-hybridized carbons (Fsp3) is 0.333. The summed E-state index contributed by atoms with van der Waals surface area (Å²) in [6.07, 6.45) is 3.13. The molecule has 0 N–H and O–H groups in total. The molecule has 2 aromatic rings. The number of benzene rings is 2. The van der Waals surface area contributed by atoms with Crippen LogP contribution in [0.5, 0.6) is 0 Å². The average molecular weight is 375 g/mol. The van der Waals surface area contributed by atoms with Gasteiger partial charge in [-0.1, -0.05) is 42.5 Å². The van der Waals surface area contributed by atoms with E-state index in [-0.39, 0.29) is 24.5 Å². The standard InChI is InChI=1S/C21H21N5O2/c27-18(17-7-3-5-15-4-1-2-6-16(15)17)12-26-14-24-19-20(22-13-23-21(19)26)25-8-10-28-11-9-25/h1-7,13-14,19,21H,8-12H2. The first kappa shape index (κ1) is 17.1. The van der Waals surface area contributed by atoms with Crippen LogP contribution in [0, 0.1) is 0 Å². The first-order chi connectivity index (χ1) is 13.8. The molecule has 5 rings (SSSR count). The topological polar surface area (TPSA) is 69.9 Å². The van der Waals surface area contributed by atoms with Crippen molar-refractivity contribution in [3.63, 3.8) is 0 Å². The molecule has 7 nitrogen and oxygen atoms in total. The highest BCUT2D eigenvalue weighted by atomic mass is 16.5. The molecule has 0 amide bonds. The van der Waals surface area contributed by atoms with Crippen molar-refractivity contribution in [2.75, 3.05) is 32.8 Å². The van der Waals surface area contributed by atoms with Crippen LogP contribution in [0.3, 0.4) is 0 Å². The second-order valence-electron chi connectivity index (χ2n) is 7.10. The number of aliphatic imine (C=N–C) groups is 3. The third kappa shape index (κ3) is 2.97. The first-order valence-electron chi connectivity index (χ1n) is 9.53. The third-order valence-corrected chi connectivity index (χ3v) is 5.42. The summed E-state index contributed by atoms with van der Waals surface area (Å²) in [6, 6.07) is 13.6. The van der Waals surface area contributed by atoms with Crippen molar-refractivity contribution in [2.45, 2.75) is 12.2 Å². The molecule has 28 heavy (non-hydrogen) atoms. The summed E-state index contributed by atoms with van der Waals surface area (Å²) in [5.74, 6) is 0.981. The van der Waals surface area contributed by atoms with Crippen molar-refractivity contribution < 1.29 is 9.53 Å². The number of hydrogen-bond donors (Lipinski definition) is 0. The number of hydrogen-bond acceptors (Lipinski definition) is 7. The van der Waals surface area contributed by atoms with E-state index in [1.54, 1.807) is 12.7 Å². The van der Waals surface area contributed by atoms with Gasteiger partial charge in [0.2, 0.25) is 0 Å². The molecule has 0 saturated carbocycles. The normalized spacial score (nSPS) is 23.8. The van der Waals surface area contributed by atoms with E-state index in [1.165, 1.54) is 0 Å². The van der Waals surface area contributed by atoms with E-state index in [9.17, 15) is 4.79 Å². The largest absolute Gasteiger partial charge is 0.378 e. The summed E-state index contributed by atoms with van der Waals surface area (Å²) in [5.41, 5.74) is 0.733. The number of ether oxygens (including phenoxy) is 1. The first-order valence-corrected chi connectivity index (χ1v) is 9.53. The molecular formula is C21H21N5O2. The fourth-order valence-electron chi connectivity index (χ4n) is 4.00. The Morgan fingerprint density at radius 2 is 1.89 bits per heavy atom. The molecule has 1 saturated heterocycles. The van der Waals surface area contributed by atoms with Crippen LogP contribution in [-0.2, 0) is 4.74 Å². The molecule has 2 atom stereocenters. The second-order valence-corrected chi connectivity index (χ2v) is 7.10. The molecule has 142 valence electrons. The number of amidine groups is 1. The summed E-state index contributed by atoms with van der Waals surface area (Å²) in [5, 5.41) is 2.05. The molecule has 0 spiro atoms. The predicted octanol–water partition coefficient (Wildman–Crippen LogP) is 1.83. The minimum Gasteiger partial charge on any atom is -0.378 e. The number of Topliss-reactive ketones (excluding diaryl/α,β-unsaturated/α-hetero) is 1. The minimum absolute atomic E-state index is 0.0644. The Labute approximate surface area is 163 Å². The highest BCUT2D eigenvalue weighted by Crippen LogP contribution is 2.24. The quantitative estimate of drug-likeness (QED) is 0.768. The van der Waals surface area contributed by atoms with Gasteiger partial charge in [-0.2, -0.15) is 0 Å². The van der Waals surface area contributed by atoms with Crippen LogP contribution in [0.2, 0.25) is 0 Å². The van der Waals surface area contributed by atoms with Gasteiger partial charge in [0.25, 0.3) is 0 Å². The summed E-state index contributed by atoms with van der Waals surface area (Å²) >= 11 is 0. The smallest absolute Gasteiger partial charge is 0.182 e. The van der Waals surface area contributed by atoms with Gasteiger partial charge in [-0.15, -0.1) is 0 Å². The van der Waals surface area contributed by atoms with E-state index >= 15 is 0 Å². The molecule has 2 unspecified atom stereocenters. The maximum Gasteiger partial charge on any atom is 0.182 e. The lowest BCUT2D eigenvalue weighted by Crippen LogP contribution is -2.51. The Bertz CT molecular complexity index is 988. The zero-order valence-corrected chi connectivity index (χ0v) is 15.4. The minimum atomic E-state index is -0.214. The SMILES string of the molecule is O=C(CN1C=NC2C(N3CCOCC3)=NC=NC21)c1cccc2ccccc12. The molecule has 3 aliphatic rings. The molecule has 1 fully saturated rings. The lowest BCUT2D eigenvalue weighted by Gasteiger charge is -2.35. The van der Waals surface area contributed by atoms with Crippen molar-refractivity contribution in [3.05, 3.63) is 48.0 Å². The van der Waals surface area contributed by atoms with Gasteiger partial charge < -0.3 is 14.5 Å². The summed E-state index contributed by atoms with van der Waals surface area (Å²) in [4.78, 5) is 30.8. The van der Waals surface area contributed by atoms with Crippen molar-refractivity contribution in [1.82, 2.24) is 9.80 Å². The summed E-state index contributed by atoms with van der Waals surface area (Å²) < 4.78 is 5.44. The number of fused-ring (bicyclic) bond motifs is 2. The number of nitrogens with zero attached hydrogens (tertiary/aromatic N) is 5. The third-order valence-electron chi connectivity index (χ3n) is 5.42. The molecule has 2 aromatic carbocycles. The number of carbonyl (C=O) groups is 1. The van der Waals surface area contributed by atoms with Crippen LogP contribution >= 0.6 is 0 Å². The monoisotopic (exact) mass is 375 g/mol. The Kier molecular flexibility index (Phi) is 4.37. The van der Waals surface area contributed by atoms with E-state index < -0.39 is 0 Å². The van der Waals surface area contributed by atoms with Crippen LogP contribution in [0.15, 0.2) is 57.4 Å². The molecule has 0 aliphatic carbocycles. The Morgan fingerprint density at radius 3 is 2.79 bits per heavy atom. The lowest BCUT2D eigenvalue weighted by molar-refractivity contribution is 0.0662. The van der Waals surface area contributed by atoms with Crippen molar-refractivity contribution in [1.29, 1.82) is 0 Å². The number of ketones is 1. The molecule has 3 heterocycles. The highest BCUT2D eigenvalue weighted by molar-refractivity contribution is 6.09. The fourth-order valence-corrected chi connectivity index (χ4v) is 4.00. The average Bonchev–Trinajstić information content (AvgIpc) is 3.17. The lowest BCUT2D eigenvalue weighted by atomic mass is 10.0. The molecule has 0 radical (unpaired) electrons. The molecule has 0 bridgehead atoms. The van der Waals surface area contributed by atoms with Crippen molar-refractivity contribution in [2.24, 2.45) is 15.0 Å². The number of rotatable bonds is 3. The molecule has 3 aliphatic heterocycles. The summed E-state index contributed by atoms with van der Waals surface area (Å²) in [6.45, 7) is 3.24. The van der Waals surface area contributed by atoms with Gasteiger partial charge in [0, 0.05) is 18.7 Å². The zero-order valence-electron chi connectivity index (χ0n) is 15.4. The maximum atomic E-state index is 13.1. The van der Waals surface area contributed by atoms with E-state index in [4.69, 9.17) is 4.74 Å². The van der Waals surface area contributed by atoms with Crippen LogP contribution < -0.4 is 0 Å². The Hall–Kier alpha value is -3.06. The van der Waals surface area contributed by atoms with E-state index in [2.05, 4.69) is 19.9 Å². The van der Waals surface area contributed by atoms with Crippen molar-refractivity contribution in [3.8, 4) is 0 Å². The van der Waals surface area contributed by atoms with Gasteiger partial charge in [0.1, 0.15) is 18.2 Å². The number of morpholine rings is 1. The Balaban J connectivity index is 1.35. The van der Waals surface area contributed by atoms with Crippen LogP contribution in [0.1, 0.15) is 10.4 Å². The highest BCUT2D eigenvalue weighted by Gasteiger charge is 2.39. The molecule has 7 heteroatoms. The second kappa shape index (κ2) is 7.16. The van der Waals surface area contributed by atoms with E-state index in [0.29, 0.717) is 13.2 Å². The van der Waals surface area contributed by atoms with Gasteiger partial charge in [-0.3, -0.25) is 9.79 Å². The van der Waals surface area contributed by atoms with E-state index in [0.717, 1.165) is 35.3 Å². The van der Waals surface area contributed by atoms with Gasteiger partial charge in [-0.25, -0.2) is 9.98 Å². The molecular weight excluding hydrogens is 354 g/mol. The van der Waals surface area contributed by atoms with E-state index in [1.807, 2.05) is 47.4 Å². The predicted molar refractivity (Wildman–Crippen MR) is 109 cm³/mol. The summed E-state index contributed by atoms with van der Waals surface area (Å²) in [7, 11) is 0. The van der Waals surface area contributed by atoms with Crippen LogP contribution in [0.25, 0.3) is 10.8 Å². The van der Waals surface area contributed by atoms with Crippen LogP contribution in [0.4, 0.5) is 0 Å². The van der Waals surface area contributed by atoms with Gasteiger partial charge in [0.15, 0.2) is 11.9 Å². The molecule has 0 aromatic heterocycles. The van der Waals surface area contributed by atoms with Gasteiger partial charge in [-0.05, 0) is 10.8 Å².